The molecule has 1 N–H and O–H groups in total. The first-order valence-electron chi connectivity index (χ1n) is 10.6. The van der Waals surface area contributed by atoms with Gasteiger partial charge in [0.15, 0.2) is 5.96 Å². The molecule has 0 aromatic carbocycles. The van der Waals surface area contributed by atoms with E-state index in [9.17, 15) is 4.79 Å². The van der Waals surface area contributed by atoms with Gasteiger partial charge in [0.05, 0.1) is 0 Å². The molecule has 0 spiro atoms. The lowest BCUT2D eigenvalue weighted by atomic mass is 9.82. The fourth-order valence-electron chi connectivity index (χ4n) is 4.88. The molecule has 1 amide bonds. The highest BCUT2D eigenvalue weighted by Crippen LogP contribution is 2.36. The van der Waals surface area contributed by atoms with Gasteiger partial charge >= 0.3 is 0 Å². The third-order valence-electron chi connectivity index (χ3n) is 6.54. The number of nitrogens with zero attached hydrogens (tertiary/aromatic N) is 4. The van der Waals surface area contributed by atoms with Crippen molar-refractivity contribution in [2.45, 2.75) is 51.5 Å². The number of guanidine groups is 1. The summed E-state index contributed by atoms with van der Waals surface area (Å²) in [7, 11) is 3.60. The average Bonchev–Trinajstić information content (AvgIpc) is 3.27. The second-order valence-electron chi connectivity index (χ2n) is 8.44. The molecule has 2 aliphatic heterocycles. The smallest absolute Gasteiger partial charge is 0.243 e. The van der Waals surface area contributed by atoms with Crippen molar-refractivity contribution in [2.75, 3.05) is 53.4 Å². The number of rotatable bonds is 5. The Morgan fingerprint density at radius 2 is 1.81 bits per heavy atom. The van der Waals surface area contributed by atoms with E-state index in [-0.39, 0.29) is 12.5 Å². The molecule has 6 heteroatoms. The molecule has 3 rings (SSSR count). The van der Waals surface area contributed by atoms with Crippen molar-refractivity contribution in [3.05, 3.63) is 0 Å². The van der Waals surface area contributed by atoms with Gasteiger partial charge in [0.1, 0.15) is 6.54 Å². The molecule has 3 aliphatic rings. The number of likely N-dealkylation sites (tertiary alicyclic amines) is 2. The number of aliphatic imine (C=N–C) groups is 1. The van der Waals surface area contributed by atoms with E-state index >= 15 is 0 Å². The minimum atomic E-state index is 0.0666. The third-order valence-corrected chi connectivity index (χ3v) is 6.54. The van der Waals surface area contributed by atoms with Gasteiger partial charge in [-0.25, -0.2) is 4.99 Å². The summed E-state index contributed by atoms with van der Waals surface area (Å²) in [6.45, 7) is 7.96. The van der Waals surface area contributed by atoms with Crippen molar-refractivity contribution in [3.8, 4) is 0 Å². The van der Waals surface area contributed by atoms with E-state index in [4.69, 9.17) is 4.99 Å². The molecule has 0 aromatic heterocycles. The van der Waals surface area contributed by atoms with Gasteiger partial charge in [0.2, 0.25) is 5.91 Å². The Morgan fingerprint density at radius 1 is 1.12 bits per heavy atom. The van der Waals surface area contributed by atoms with Crippen molar-refractivity contribution in [1.82, 2.24) is 20.0 Å². The minimum absolute atomic E-state index is 0.0666. The summed E-state index contributed by atoms with van der Waals surface area (Å²) in [6.07, 6.45) is 8.02. The zero-order valence-electron chi connectivity index (χ0n) is 16.9. The molecule has 2 saturated heterocycles. The Hall–Kier alpha value is -1.30. The van der Waals surface area contributed by atoms with Gasteiger partial charge in [-0.15, -0.1) is 0 Å². The topological polar surface area (TPSA) is 51.2 Å². The van der Waals surface area contributed by atoms with Crippen LogP contribution >= 0.6 is 0 Å². The lowest BCUT2D eigenvalue weighted by Crippen LogP contribution is -2.46. The van der Waals surface area contributed by atoms with Crippen LogP contribution in [-0.2, 0) is 4.79 Å². The van der Waals surface area contributed by atoms with Gasteiger partial charge in [-0.05, 0) is 50.6 Å². The monoisotopic (exact) mass is 363 g/mol. The van der Waals surface area contributed by atoms with Crippen LogP contribution in [0.2, 0.25) is 0 Å². The number of carbonyl (C=O) groups is 1. The average molecular weight is 364 g/mol. The van der Waals surface area contributed by atoms with E-state index in [2.05, 4.69) is 22.0 Å². The molecule has 3 atom stereocenters. The molecular formula is C20H37N5O. The number of hydrogen-bond acceptors (Lipinski definition) is 3. The molecule has 1 aliphatic carbocycles. The van der Waals surface area contributed by atoms with Crippen LogP contribution in [-0.4, -0.2) is 86.0 Å². The molecule has 2 heterocycles. The summed E-state index contributed by atoms with van der Waals surface area (Å²) < 4.78 is 0. The lowest BCUT2D eigenvalue weighted by molar-refractivity contribution is -0.127. The van der Waals surface area contributed by atoms with Gasteiger partial charge < -0.3 is 15.1 Å². The molecular weight excluding hydrogens is 326 g/mol. The fraction of sp³-hybridized carbons (Fsp3) is 0.900. The van der Waals surface area contributed by atoms with Crippen LogP contribution < -0.4 is 5.32 Å². The first-order valence-corrected chi connectivity index (χ1v) is 10.6. The highest BCUT2D eigenvalue weighted by molar-refractivity contribution is 5.85. The van der Waals surface area contributed by atoms with E-state index < -0.39 is 0 Å². The Labute approximate surface area is 159 Å². The lowest BCUT2D eigenvalue weighted by Gasteiger charge is -2.27. The molecule has 0 radical (unpaired) electrons. The first-order chi connectivity index (χ1) is 12.6. The number of fused-ring (bicyclic) bond motifs is 1. The molecule has 1 saturated carbocycles. The van der Waals surface area contributed by atoms with Crippen LogP contribution in [0.15, 0.2) is 4.99 Å². The number of likely N-dealkylation sites (N-methyl/N-ethyl adjacent to an activating group) is 2. The second kappa shape index (κ2) is 9.07. The van der Waals surface area contributed by atoms with Gasteiger partial charge in [0.25, 0.3) is 0 Å². The molecule has 6 nitrogen and oxygen atoms in total. The fourth-order valence-corrected chi connectivity index (χ4v) is 4.88. The predicted molar refractivity (Wildman–Crippen MR) is 106 cm³/mol. The molecule has 3 unspecified atom stereocenters. The van der Waals surface area contributed by atoms with E-state index in [1.165, 1.54) is 45.1 Å². The van der Waals surface area contributed by atoms with E-state index in [1.807, 2.05) is 0 Å². The van der Waals surface area contributed by atoms with Crippen LogP contribution in [0.3, 0.4) is 0 Å². The van der Waals surface area contributed by atoms with E-state index in [0.29, 0.717) is 6.04 Å². The van der Waals surface area contributed by atoms with Gasteiger partial charge in [0, 0.05) is 39.8 Å². The van der Waals surface area contributed by atoms with Crippen molar-refractivity contribution >= 4 is 11.9 Å². The number of amides is 1. The normalized spacial score (nSPS) is 29.7. The quantitative estimate of drug-likeness (QED) is 0.596. The third kappa shape index (κ3) is 4.70. The van der Waals surface area contributed by atoms with Crippen LogP contribution in [0.5, 0.6) is 0 Å². The zero-order chi connectivity index (χ0) is 18.5. The van der Waals surface area contributed by atoms with Gasteiger partial charge in [-0.3, -0.25) is 9.69 Å². The number of nitrogens with one attached hydrogen (secondary N) is 1. The Morgan fingerprint density at radius 3 is 2.42 bits per heavy atom. The molecule has 148 valence electrons. The summed E-state index contributed by atoms with van der Waals surface area (Å²) in [4.78, 5) is 23.4. The first kappa shape index (κ1) is 19.5. The number of carbonyl (C=O) groups excluding carboxylic acids is 1. The van der Waals surface area contributed by atoms with Crippen LogP contribution in [0.1, 0.15) is 45.4 Å². The van der Waals surface area contributed by atoms with Crippen LogP contribution in [0.25, 0.3) is 0 Å². The van der Waals surface area contributed by atoms with Gasteiger partial charge in [-0.1, -0.05) is 19.8 Å². The van der Waals surface area contributed by atoms with E-state index in [0.717, 1.165) is 44.0 Å². The zero-order valence-corrected chi connectivity index (χ0v) is 16.9. The van der Waals surface area contributed by atoms with E-state index in [1.54, 1.807) is 19.0 Å². The van der Waals surface area contributed by atoms with Crippen LogP contribution in [0, 0.1) is 11.8 Å². The summed E-state index contributed by atoms with van der Waals surface area (Å²) in [5.41, 5.74) is 0. The summed E-state index contributed by atoms with van der Waals surface area (Å²) in [5, 5.41) is 3.64. The maximum absolute atomic E-state index is 12.0. The van der Waals surface area contributed by atoms with Crippen molar-refractivity contribution < 1.29 is 4.79 Å². The summed E-state index contributed by atoms with van der Waals surface area (Å²) in [6, 6.07) is 0.597. The molecule has 26 heavy (non-hydrogen) atoms. The standard InChI is InChI=1S/C20H37N5O/c1-4-24-11-7-10-18(24)12-21-20(22-13-19(26)23(2)3)25-14-16-8-5-6-9-17(16)15-25/h16-18H,4-15H2,1-3H3,(H,21,22). The van der Waals surface area contributed by atoms with Crippen molar-refractivity contribution in [2.24, 2.45) is 16.8 Å². The predicted octanol–water partition coefficient (Wildman–Crippen LogP) is 1.63. The second-order valence-corrected chi connectivity index (χ2v) is 8.44. The highest BCUT2D eigenvalue weighted by atomic mass is 16.2. The molecule has 0 aromatic rings. The Balaban J connectivity index is 1.63. The highest BCUT2D eigenvalue weighted by Gasteiger charge is 2.36. The SMILES string of the molecule is CCN1CCCC1CNC(=NCC(=O)N(C)C)N1CC2CCCCC2C1. The van der Waals surface area contributed by atoms with Crippen molar-refractivity contribution in [3.63, 3.8) is 0 Å². The summed E-state index contributed by atoms with van der Waals surface area (Å²) >= 11 is 0. The maximum Gasteiger partial charge on any atom is 0.243 e. The molecule has 3 fully saturated rings. The van der Waals surface area contributed by atoms with Gasteiger partial charge in [-0.2, -0.15) is 0 Å². The van der Waals surface area contributed by atoms with Crippen LogP contribution in [0.4, 0.5) is 0 Å². The summed E-state index contributed by atoms with van der Waals surface area (Å²) in [5.74, 6) is 2.66. The Bertz CT molecular complexity index is 492. The molecule has 0 bridgehead atoms. The Kier molecular flexibility index (Phi) is 6.79. The number of hydrogen-bond donors (Lipinski definition) is 1. The minimum Gasteiger partial charge on any atom is -0.355 e. The van der Waals surface area contributed by atoms with Crippen molar-refractivity contribution in [1.29, 1.82) is 0 Å². The largest absolute Gasteiger partial charge is 0.355 e. The maximum atomic E-state index is 12.0.